The molecule has 0 radical (unpaired) electrons. The molecule has 0 aliphatic heterocycles. The van der Waals surface area contributed by atoms with Gasteiger partial charge in [0.15, 0.2) is 0 Å². The molecular weight excluding hydrogens is 304 g/mol. The number of fused-ring (bicyclic) bond motifs is 1. The van der Waals surface area contributed by atoms with Crippen LogP contribution in [0.1, 0.15) is 16.6 Å². The second-order valence-electron chi connectivity index (χ2n) is 4.77. The van der Waals surface area contributed by atoms with Crippen LogP contribution in [0.15, 0.2) is 42.5 Å². The van der Waals surface area contributed by atoms with Crippen molar-refractivity contribution in [2.45, 2.75) is 12.5 Å². The second-order valence-corrected chi connectivity index (χ2v) is 6.32. The van der Waals surface area contributed by atoms with Crippen LogP contribution in [0.5, 0.6) is 5.75 Å². The summed E-state index contributed by atoms with van der Waals surface area (Å²) in [5.41, 5.74) is 8.25. The summed E-state index contributed by atoms with van der Waals surface area (Å²) in [6.07, 6.45) is 0.663. The standard InChI is InChI=1S/C16H15ClN2OS/c1-20-14-7-6-10(17)8-11(14)12(18)9-16-19-13-4-2-3-5-15(13)21-16/h2-8,12H,9,18H2,1H3. The number of benzene rings is 2. The van der Waals surface area contributed by atoms with Crippen molar-refractivity contribution < 1.29 is 4.74 Å². The maximum Gasteiger partial charge on any atom is 0.123 e. The Morgan fingerprint density at radius 1 is 1.29 bits per heavy atom. The second kappa shape index (κ2) is 6.02. The first-order chi connectivity index (χ1) is 10.2. The molecule has 1 aromatic heterocycles. The van der Waals surface area contributed by atoms with Gasteiger partial charge in [0, 0.05) is 23.0 Å². The lowest BCUT2D eigenvalue weighted by molar-refractivity contribution is 0.405. The van der Waals surface area contributed by atoms with E-state index in [2.05, 4.69) is 11.1 Å². The topological polar surface area (TPSA) is 48.1 Å². The van der Waals surface area contributed by atoms with Crippen LogP contribution < -0.4 is 10.5 Å². The smallest absolute Gasteiger partial charge is 0.123 e. The molecule has 2 N–H and O–H groups in total. The molecule has 21 heavy (non-hydrogen) atoms. The van der Waals surface area contributed by atoms with Crippen LogP contribution in [0.25, 0.3) is 10.2 Å². The Morgan fingerprint density at radius 2 is 2.10 bits per heavy atom. The van der Waals surface area contributed by atoms with Crippen molar-refractivity contribution in [3.63, 3.8) is 0 Å². The van der Waals surface area contributed by atoms with Crippen LogP contribution in [0.2, 0.25) is 5.02 Å². The molecule has 2 aromatic carbocycles. The summed E-state index contributed by atoms with van der Waals surface area (Å²) >= 11 is 7.73. The highest BCUT2D eigenvalue weighted by atomic mass is 35.5. The Morgan fingerprint density at radius 3 is 2.86 bits per heavy atom. The number of aromatic nitrogens is 1. The van der Waals surface area contributed by atoms with E-state index in [0.29, 0.717) is 11.4 Å². The number of hydrogen-bond acceptors (Lipinski definition) is 4. The van der Waals surface area contributed by atoms with Crippen LogP contribution >= 0.6 is 22.9 Å². The molecule has 3 aromatic rings. The van der Waals surface area contributed by atoms with E-state index in [1.54, 1.807) is 24.5 Å². The fourth-order valence-corrected chi connectivity index (χ4v) is 3.51. The lowest BCUT2D eigenvalue weighted by Crippen LogP contribution is -2.14. The van der Waals surface area contributed by atoms with Gasteiger partial charge in [0.1, 0.15) is 5.75 Å². The van der Waals surface area contributed by atoms with Gasteiger partial charge in [-0.05, 0) is 30.3 Å². The predicted octanol–water partition coefficient (Wildman–Crippen LogP) is 4.20. The summed E-state index contributed by atoms with van der Waals surface area (Å²) in [5, 5.41) is 1.68. The number of methoxy groups -OCH3 is 1. The molecule has 1 unspecified atom stereocenters. The number of nitrogens with zero attached hydrogens (tertiary/aromatic N) is 1. The van der Waals surface area contributed by atoms with Gasteiger partial charge in [-0.25, -0.2) is 4.98 Å². The van der Waals surface area contributed by atoms with Crippen molar-refractivity contribution in [2.75, 3.05) is 7.11 Å². The van der Waals surface area contributed by atoms with Gasteiger partial charge >= 0.3 is 0 Å². The summed E-state index contributed by atoms with van der Waals surface area (Å²) in [6, 6.07) is 13.4. The van der Waals surface area contributed by atoms with Crippen molar-refractivity contribution in [3.8, 4) is 5.75 Å². The maximum absolute atomic E-state index is 6.32. The maximum atomic E-state index is 6.32. The molecule has 108 valence electrons. The zero-order chi connectivity index (χ0) is 14.8. The summed E-state index contributed by atoms with van der Waals surface area (Å²) in [7, 11) is 1.64. The van der Waals surface area contributed by atoms with E-state index in [9.17, 15) is 0 Å². The quantitative estimate of drug-likeness (QED) is 0.784. The van der Waals surface area contributed by atoms with E-state index in [4.69, 9.17) is 22.1 Å². The Kier molecular flexibility index (Phi) is 4.10. The van der Waals surface area contributed by atoms with Gasteiger partial charge in [-0.1, -0.05) is 23.7 Å². The van der Waals surface area contributed by atoms with Crippen LogP contribution in [0.3, 0.4) is 0 Å². The summed E-state index contributed by atoms with van der Waals surface area (Å²) in [5.74, 6) is 0.757. The number of para-hydroxylation sites is 1. The van der Waals surface area contributed by atoms with E-state index in [1.165, 1.54) is 4.70 Å². The number of rotatable bonds is 4. The van der Waals surface area contributed by atoms with Crippen LogP contribution in [-0.4, -0.2) is 12.1 Å². The fourth-order valence-electron chi connectivity index (χ4n) is 2.30. The van der Waals surface area contributed by atoms with Gasteiger partial charge in [0.25, 0.3) is 0 Å². The monoisotopic (exact) mass is 318 g/mol. The van der Waals surface area contributed by atoms with Crippen molar-refractivity contribution in [1.82, 2.24) is 4.98 Å². The number of hydrogen-bond donors (Lipinski definition) is 1. The third kappa shape index (κ3) is 3.02. The zero-order valence-corrected chi connectivity index (χ0v) is 13.1. The van der Waals surface area contributed by atoms with E-state index >= 15 is 0 Å². The summed E-state index contributed by atoms with van der Waals surface area (Å²) in [6.45, 7) is 0. The molecule has 1 heterocycles. The third-order valence-electron chi connectivity index (χ3n) is 3.32. The van der Waals surface area contributed by atoms with Crippen molar-refractivity contribution >= 4 is 33.2 Å². The number of ether oxygens (including phenoxy) is 1. The zero-order valence-electron chi connectivity index (χ0n) is 11.5. The van der Waals surface area contributed by atoms with E-state index in [0.717, 1.165) is 21.8 Å². The Labute approximate surface area is 132 Å². The highest BCUT2D eigenvalue weighted by Gasteiger charge is 2.15. The minimum absolute atomic E-state index is 0.195. The molecule has 0 saturated heterocycles. The van der Waals surface area contributed by atoms with Crippen LogP contribution in [0.4, 0.5) is 0 Å². The van der Waals surface area contributed by atoms with E-state index in [1.807, 2.05) is 30.3 Å². The third-order valence-corrected chi connectivity index (χ3v) is 4.62. The minimum Gasteiger partial charge on any atom is -0.496 e. The summed E-state index contributed by atoms with van der Waals surface area (Å²) < 4.78 is 6.54. The molecule has 0 aliphatic carbocycles. The lowest BCUT2D eigenvalue weighted by atomic mass is 10.0. The minimum atomic E-state index is -0.195. The Bertz CT molecular complexity index is 739. The first-order valence-corrected chi connectivity index (χ1v) is 7.80. The average Bonchev–Trinajstić information content (AvgIpc) is 2.89. The fraction of sp³-hybridized carbons (Fsp3) is 0.188. The molecule has 0 bridgehead atoms. The highest BCUT2D eigenvalue weighted by molar-refractivity contribution is 7.18. The van der Waals surface area contributed by atoms with Crippen molar-refractivity contribution in [3.05, 3.63) is 58.1 Å². The van der Waals surface area contributed by atoms with Crippen molar-refractivity contribution in [1.29, 1.82) is 0 Å². The summed E-state index contributed by atoms with van der Waals surface area (Å²) in [4.78, 5) is 4.62. The predicted molar refractivity (Wildman–Crippen MR) is 88.3 cm³/mol. The molecule has 1 atom stereocenters. The van der Waals surface area contributed by atoms with Crippen LogP contribution in [0, 0.1) is 0 Å². The number of nitrogens with two attached hydrogens (primary N) is 1. The van der Waals surface area contributed by atoms with Gasteiger partial charge in [-0.2, -0.15) is 0 Å². The van der Waals surface area contributed by atoms with Crippen LogP contribution in [-0.2, 0) is 6.42 Å². The van der Waals surface area contributed by atoms with E-state index in [-0.39, 0.29) is 6.04 Å². The average molecular weight is 319 g/mol. The van der Waals surface area contributed by atoms with Gasteiger partial charge in [-0.3, -0.25) is 0 Å². The first-order valence-electron chi connectivity index (χ1n) is 6.61. The van der Waals surface area contributed by atoms with Gasteiger partial charge in [-0.15, -0.1) is 11.3 Å². The number of halogens is 1. The Hall–Kier alpha value is -1.62. The van der Waals surface area contributed by atoms with E-state index < -0.39 is 0 Å². The molecule has 0 fully saturated rings. The molecule has 3 nitrogen and oxygen atoms in total. The first kappa shape index (κ1) is 14.3. The molecule has 0 saturated carbocycles. The van der Waals surface area contributed by atoms with Gasteiger partial charge in [0.2, 0.25) is 0 Å². The van der Waals surface area contributed by atoms with Crippen molar-refractivity contribution in [2.24, 2.45) is 5.73 Å². The molecule has 0 amide bonds. The number of thiazole rings is 1. The van der Waals surface area contributed by atoms with Gasteiger partial charge in [0.05, 0.1) is 22.3 Å². The SMILES string of the molecule is COc1ccc(Cl)cc1C(N)Cc1nc2ccccc2s1. The highest BCUT2D eigenvalue weighted by Crippen LogP contribution is 2.31. The van der Waals surface area contributed by atoms with Gasteiger partial charge < -0.3 is 10.5 Å². The largest absolute Gasteiger partial charge is 0.496 e. The molecule has 5 heteroatoms. The lowest BCUT2D eigenvalue weighted by Gasteiger charge is -2.15. The molecular formula is C16H15ClN2OS. The molecule has 0 aliphatic rings. The molecule has 3 rings (SSSR count). The normalized spacial score (nSPS) is 12.5. The Balaban J connectivity index is 1.88. The molecule has 0 spiro atoms.